The third-order valence-electron chi connectivity index (χ3n) is 2.60. The number of ether oxygens (including phenoxy) is 1. The third-order valence-corrected chi connectivity index (χ3v) is 3.33. The van der Waals surface area contributed by atoms with E-state index >= 15 is 0 Å². The molecule has 20 heavy (non-hydrogen) atoms. The van der Waals surface area contributed by atoms with Gasteiger partial charge in [0.1, 0.15) is 11.5 Å². The lowest BCUT2D eigenvalue weighted by Crippen LogP contribution is -2.21. The van der Waals surface area contributed by atoms with Crippen molar-refractivity contribution >= 4 is 23.4 Å². The Kier molecular flexibility index (Phi) is 5.03. The molecule has 2 aromatic rings. The van der Waals surface area contributed by atoms with E-state index in [4.69, 9.17) is 10.5 Å². The molecule has 0 atom stereocenters. The number of rotatable bonds is 5. The standard InChI is InChI=1S/C15H16N2O2S/c1-20-14-4-2-3-13(9-14)19-12-7-5-11(6-8-12)17-15(18)10-16/h2-9H,10,16H2,1H3,(H,17,18). The van der Waals surface area contributed by atoms with Gasteiger partial charge in [0, 0.05) is 10.6 Å². The van der Waals surface area contributed by atoms with Gasteiger partial charge >= 0.3 is 0 Å². The van der Waals surface area contributed by atoms with Crippen LogP contribution < -0.4 is 15.8 Å². The van der Waals surface area contributed by atoms with E-state index in [0.29, 0.717) is 11.4 Å². The van der Waals surface area contributed by atoms with E-state index in [9.17, 15) is 4.79 Å². The molecule has 0 aromatic heterocycles. The molecule has 0 radical (unpaired) electrons. The summed E-state index contributed by atoms with van der Waals surface area (Å²) in [5.74, 6) is 1.29. The van der Waals surface area contributed by atoms with Crippen molar-refractivity contribution in [3.8, 4) is 11.5 Å². The minimum Gasteiger partial charge on any atom is -0.457 e. The minimum absolute atomic E-state index is 0.0280. The van der Waals surface area contributed by atoms with Crippen LogP contribution in [0.3, 0.4) is 0 Å². The first-order valence-electron chi connectivity index (χ1n) is 6.13. The predicted octanol–water partition coefficient (Wildman–Crippen LogP) is 3.10. The van der Waals surface area contributed by atoms with E-state index in [1.807, 2.05) is 30.5 Å². The topological polar surface area (TPSA) is 64.3 Å². The summed E-state index contributed by atoms with van der Waals surface area (Å²) in [4.78, 5) is 12.3. The Hall–Kier alpha value is -1.98. The highest BCUT2D eigenvalue weighted by Gasteiger charge is 2.01. The lowest BCUT2D eigenvalue weighted by molar-refractivity contribution is -0.114. The average Bonchev–Trinajstić information content (AvgIpc) is 2.49. The van der Waals surface area contributed by atoms with E-state index in [-0.39, 0.29) is 12.5 Å². The van der Waals surface area contributed by atoms with Gasteiger partial charge in [-0.3, -0.25) is 4.79 Å². The third kappa shape index (κ3) is 4.01. The fraction of sp³-hybridized carbons (Fsp3) is 0.133. The lowest BCUT2D eigenvalue weighted by Gasteiger charge is -2.08. The zero-order chi connectivity index (χ0) is 14.4. The maximum absolute atomic E-state index is 11.2. The van der Waals surface area contributed by atoms with Gasteiger partial charge in [-0.2, -0.15) is 0 Å². The van der Waals surface area contributed by atoms with Crippen LogP contribution in [0.25, 0.3) is 0 Å². The van der Waals surface area contributed by atoms with Gasteiger partial charge in [-0.05, 0) is 48.7 Å². The normalized spacial score (nSPS) is 10.1. The van der Waals surface area contributed by atoms with Crippen LogP contribution in [0.1, 0.15) is 0 Å². The summed E-state index contributed by atoms with van der Waals surface area (Å²) in [5, 5.41) is 2.68. The molecular weight excluding hydrogens is 272 g/mol. The molecule has 4 nitrogen and oxygen atoms in total. The van der Waals surface area contributed by atoms with E-state index in [1.54, 1.807) is 36.0 Å². The van der Waals surface area contributed by atoms with Crippen LogP contribution >= 0.6 is 11.8 Å². The molecule has 0 saturated heterocycles. The van der Waals surface area contributed by atoms with Crippen LogP contribution in [0.2, 0.25) is 0 Å². The minimum atomic E-state index is -0.216. The Labute approximate surface area is 122 Å². The van der Waals surface area contributed by atoms with Crippen LogP contribution in [-0.2, 0) is 4.79 Å². The summed E-state index contributed by atoms with van der Waals surface area (Å²) in [6, 6.07) is 15.0. The maximum Gasteiger partial charge on any atom is 0.238 e. The second-order valence-corrected chi connectivity index (χ2v) is 4.94. The summed E-state index contributed by atoms with van der Waals surface area (Å²) < 4.78 is 5.76. The van der Waals surface area contributed by atoms with Crippen LogP contribution in [-0.4, -0.2) is 18.7 Å². The SMILES string of the molecule is CSc1cccc(Oc2ccc(NC(=O)CN)cc2)c1. The quantitative estimate of drug-likeness (QED) is 0.830. The molecule has 0 heterocycles. The summed E-state index contributed by atoms with van der Waals surface area (Å²) in [5.41, 5.74) is 5.94. The molecule has 0 bridgehead atoms. The van der Waals surface area contributed by atoms with Crippen molar-refractivity contribution in [2.75, 3.05) is 18.1 Å². The molecule has 0 unspecified atom stereocenters. The smallest absolute Gasteiger partial charge is 0.238 e. The number of carbonyl (C=O) groups excluding carboxylic acids is 1. The lowest BCUT2D eigenvalue weighted by atomic mass is 10.3. The first-order valence-corrected chi connectivity index (χ1v) is 7.35. The Bertz CT molecular complexity index is 585. The number of thioether (sulfide) groups is 1. The van der Waals surface area contributed by atoms with Gasteiger partial charge in [0.2, 0.25) is 5.91 Å². The van der Waals surface area contributed by atoms with Crippen LogP contribution in [0.5, 0.6) is 11.5 Å². The van der Waals surface area contributed by atoms with Crippen LogP contribution in [0, 0.1) is 0 Å². The van der Waals surface area contributed by atoms with Crippen molar-refractivity contribution in [2.45, 2.75) is 4.90 Å². The second-order valence-electron chi connectivity index (χ2n) is 4.06. The number of nitrogens with two attached hydrogens (primary N) is 1. The number of amides is 1. The van der Waals surface area contributed by atoms with Gasteiger partial charge in [0.15, 0.2) is 0 Å². The van der Waals surface area contributed by atoms with Gasteiger partial charge in [-0.15, -0.1) is 11.8 Å². The van der Waals surface area contributed by atoms with Gasteiger partial charge < -0.3 is 15.8 Å². The van der Waals surface area contributed by atoms with Gasteiger partial charge in [0.25, 0.3) is 0 Å². The molecule has 2 rings (SSSR count). The van der Waals surface area contributed by atoms with Gasteiger partial charge in [0.05, 0.1) is 6.54 Å². The molecular formula is C15H16N2O2S. The number of anilines is 1. The largest absolute Gasteiger partial charge is 0.457 e. The zero-order valence-corrected chi connectivity index (χ0v) is 11.9. The Morgan fingerprint density at radius 3 is 2.60 bits per heavy atom. The number of nitrogens with one attached hydrogen (secondary N) is 1. The fourth-order valence-corrected chi connectivity index (χ4v) is 2.07. The molecule has 5 heteroatoms. The molecule has 104 valence electrons. The first-order chi connectivity index (χ1) is 9.71. The molecule has 2 aromatic carbocycles. The van der Waals surface area contributed by atoms with Crippen LogP contribution in [0.4, 0.5) is 5.69 Å². The van der Waals surface area contributed by atoms with E-state index in [2.05, 4.69) is 5.32 Å². The molecule has 0 aliphatic rings. The molecule has 0 aliphatic carbocycles. The van der Waals surface area contributed by atoms with Crippen molar-refractivity contribution in [1.82, 2.24) is 0 Å². The zero-order valence-electron chi connectivity index (χ0n) is 11.1. The van der Waals surface area contributed by atoms with Crippen molar-refractivity contribution in [3.05, 3.63) is 48.5 Å². The number of hydrogen-bond acceptors (Lipinski definition) is 4. The maximum atomic E-state index is 11.2. The highest BCUT2D eigenvalue weighted by atomic mass is 32.2. The van der Waals surface area contributed by atoms with Crippen molar-refractivity contribution < 1.29 is 9.53 Å². The Morgan fingerprint density at radius 1 is 1.20 bits per heavy atom. The summed E-state index contributed by atoms with van der Waals surface area (Å²) in [7, 11) is 0. The first kappa shape index (κ1) is 14.4. The number of hydrogen-bond donors (Lipinski definition) is 2. The number of benzene rings is 2. The molecule has 1 amide bonds. The van der Waals surface area contributed by atoms with E-state index < -0.39 is 0 Å². The van der Waals surface area contributed by atoms with E-state index in [0.717, 1.165) is 10.6 Å². The van der Waals surface area contributed by atoms with Crippen molar-refractivity contribution in [2.24, 2.45) is 5.73 Å². The van der Waals surface area contributed by atoms with Gasteiger partial charge in [-0.1, -0.05) is 6.07 Å². The molecule has 0 saturated carbocycles. The monoisotopic (exact) mass is 288 g/mol. The Morgan fingerprint density at radius 2 is 1.95 bits per heavy atom. The van der Waals surface area contributed by atoms with Crippen molar-refractivity contribution in [1.29, 1.82) is 0 Å². The Balaban J connectivity index is 2.04. The second kappa shape index (κ2) is 6.98. The summed E-state index contributed by atoms with van der Waals surface area (Å²) in [6.45, 7) is -0.0280. The molecule has 0 aliphatic heterocycles. The number of carbonyl (C=O) groups is 1. The fourth-order valence-electron chi connectivity index (χ4n) is 1.62. The highest BCUT2D eigenvalue weighted by molar-refractivity contribution is 7.98. The molecule has 3 N–H and O–H groups in total. The van der Waals surface area contributed by atoms with E-state index in [1.165, 1.54) is 0 Å². The highest BCUT2D eigenvalue weighted by Crippen LogP contribution is 2.26. The average molecular weight is 288 g/mol. The van der Waals surface area contributed by atoms with Crippen LogP contribution in [0.15, 0.2) is 53.4 Å². The molecule has 0 fully saturated rings. The predicted molar refractivity (Wildman–Crippen MR) is 82.4 cm³/mol. The summed E-state index contributed by atoms with van der Waals surface area (Å²) >= 11 is 1.67. The van der Waals surface area contributed by atoms with Gasteiger partial charge in [-0.25, -0.2) is 0 Å². The summed E-state index contributed by atoms with van der Waals surface area (Å²) in [6.07, 6.45) is 2.02. The molecule has 0 spiro atoms. The van der Waals surface area contributed by atoms with Crippen molar-refractivity contribution in [3.63, 3.8) is 0 Å².